The number of amides is 1. The molecular formula is C21H21F2N3O2S. The molecule has 1 fully saturated rings. The van der Waals surface area contributed by atoms with Gasteiger partial charge in [0.2, 0.25) is 0 Å². The first-order valence-corrected chi connectivity index (χ1v) is 10.4. The number of hydrogen-bond acceptors (Lipinski definition) is 5. The van der Waals surface area contributed by atoms with Crippen LogP contribution in [0.3, 0.4) is 0 Å². The van der Waals surface area contributed by atoms with Crippen LogP contribution in [-0.4, -0.2) is 55.2 Å². The van der Waals surface area contributed by atoms with Crippen LogP contribution in [0.15, 0.2) is 42.5 Å². The van der Waals surface area contributed by atoms with Crippen molar-refractivity contribution in [2.75, 3.05) is 44.3 Å². The monoisotopic (exact) mass is 417 g/mol. The predicted molar refractivity (Wildman–Crippen MR) is 110 cm³/mol. The lowest BCUT2D eigenvalue weighted by Crippen LogP contribution is -2.39. The lowest BCUT2D eigenvalue weighted by molar-refractivity contribution is 0.0376. The molecule has 3 aromatic rings. The summed E-state index contributed by atoms with van der Waals surface area (Å²) < 4.78 is 33.8. The van der Waals surface area contributed by atoms with Gasteiger partial charge in [0.1, 0.15) is 17.2 Å². The van der Waals surface area contributed by atoms with Crippen LogP contribution in [0.25, 0.3) is 10.2 Å². The number of para-hydroxylation sites is 1. The van der Waals surface area contributed by atoms with Gasteiger partial charge >= 0.3 is 0 Å². The number of halogens is 2. The quantitative estimate of drug-likeness (QED) is 0.610. The summed E-state index contributed by atoms with van der Waals surface area (Å²) in [6.07, 6.45) is 0.722. The predicted octanol–water partition coefficient (Wildman–Crippen LogP) is 3.94. The van der Waals surface area contributed by atoms with Gasteiger partial charge in [-0.05, 0) is 36.8 Å². The van der Waals surface area contributed by atoms with Crippen LogP contribution >= 0.6 is 11.3 Å². The Kier molecular flexibility index (Phi) is 6.13. The fraction of sp³-hybridized carbons (Fsp3) is 0.333. The number of nitrogens with zero attached hydrogens (tertiary/aromatic N) is 3. The molecule has 1 aliphatic rings. The van der Waals surface area contributed by atoms with Crippen LogP contribution in [0.2, 0.25) is 0 Å². The van der Waals surface area contributed by atoms with Crippen molar-refractivity contribution >= 4 is 32.6 Å². The number of aromatic nitrogens is 1. The molecular weight excluding hydrogens is 396 g/mol. The van der Waals surface area contributed by atoms with Gasteiger partial charge in [-0.3, -0.25) is 14.6 Å². The van der Waals surface area contributed by atoms with Crippen LogP contribution < -0.4 is 4.90 Å². The highest BCUT2D eigenvalue weighted by Gasteiger charge is 2.23. The zero-order valence-corrected chi connectivity index (χ0v) is 16.6. The van der Waals surface area contributed by atoms with E-state index in [0.717, 1.165) is 26.1 Å². The second-order valence-corrected chi connectivity index (χ2v) is 7.87. The lowest BCUT2D eigenvalue weighted by Gasteiger charge is -2.27. The minimum Gasteiger partial charge on any atom is -0.379 e. The molecule has 0 bridgehead atoms. The molecule has 0 N–H and O–H groups in total. The van der Waals surface area contributed by atoms with E-state index in [1.807, 2.05) is 0 Å². The fourth-order valence-electron chi connectivity index (χ4n) is 3.36. The average molecular weight is 417 g/mol. The van der Waals surface area contributed by atoms with E-state index < -0.39 is 11.6 Å². The summed E-state index contributed by atoms with van der Waals surface area (Å²) in [6, 6.07) is 10.3. The van der Waals surface area contributed by atoms with E-state index in [-0.39, 0.29) is 17.0 Å². The number of carbonyl (C=O) groups is 1. The molecule has 4 rings (SSSR count). The molecule has 0 aliphatic carbocycles. The van der Waals surface area contributed by atoms with Crippen molar-refractivity contribution in [1.29, 1.82) is 0 Å². The van der Waals surface area contributed by atoms with E-state index in [1.165, 1.54) is 40.5 Å². The molecule has 0 radical (unpaired) electrons. The zero-order valence-electron chi connectivity index (χ0n) is 15.8. The Morgan fingerprint density at radius 3 is 2.72 bits per heavy atom. The van der Waals surface area contributed by atoms with Gasteiger partial charge in [-0.15, -0.1) is 0 Å². The van der Waals surface area contributed by atoms with Crippen LogP contribution in [0.1, 0.15) is 16.8 Å². The molecule has 2 heterocycles. The molecule has 8 heteroatoms. The van der Waals surface area contributed by atoms with Crippen molar-refractivity contribution in [3.05, 3.63) is 59.7 Å². The highest BCUT2D eigenvalue weighted by Crippen LogP contribution is 2.31. The maximum absolute atomic E-state index is 14.1. The number of rotatable bonds is 6. The van der Waals surface area contributed by atoms with Crippen LogP contribution in [0, 0.1) is 11.6 Å². The number of ether oxygens (including phenoxy) is 1. The summed E-state index contributed by atoms with van der Waals surface area (Å²) >= 11 is 1.26. The maximum Gasteiger partial charge on any atom is 0.260 e. The van der Waals surface area contributed by atoms with Crippen LogP contribution in [-0.2, 0) is 4.74 Å². The van der Waals surface area contributed by atoms with Crippen molar-refractivity contribution < 1.29 is 18.3 Å². The lowest BCUT2D eigenvalue weighted by atomic mass is 10.2. The van der Waals surface area contributed by atoms with Gasteiger partial charge in [-0.1, -0.05) is 23.5 Å². The molecule has 152 valence electrons. The van der Waals surface area contributed by atoms with E-state index in [2.05, 4.69) is 9.88 Å². The average Bonchev–Trinajstić information content (AvgIpc) is 3.17. The van der Waals surface area contributed by atoms with Crippen LogP contribution in [0.5, 0.6) is 0 Å². The molecule has 1 saturated heterocycles. The molecule has 29 heavy (non-hydrogen) atoms. The van der Waals surface area contributed by atoms with Gasteiger partial charge in [-0.25, -0.2) is 13.8 Å². The van der Waals surface area contributed by atoms with Crippen molar-refractivity contribution in [3.8, 4) is 0 Å². The van der Waals surface area contributed by atoms with Crippen molar-refractivity contribution in [2.24, 2.45) is 0 Å². The smallest absolute Gasteiger partial charge is 0.260 e. The fourth-order valence-corrected chi connectivity index (χ4v) is 4.36. The standard InChI is InChI=1S/C21H21F2N3O2S/c22-16-5-1-4-15(14-16)20(27)26(9-3-8-25-10-12-28-13-11-25)21-24-19-17(23)6-2-7-18(19)29-21/h1-2,4-7,14H,3,8-13H2. The SMILES string of the molecule is O=C(c1cccc(F)c1)N(CCCN1CCOCC1)c1nc2c(F)cccc2s1. The number of thiazole rings is 1. The largest absolute Gasteiger partial charge is 0.379 e. The van der Waals surface area contributed by atoms with E-state index in [4.69, 9.17) is 4.74 Å². The second kappa shape index (κ2) is 8.94. The van der Waals surface area contributed by atoms with Gasteiger partial charge in [0, 0.05) is 31.7 Å². The summed E-state index contributed by atoms with van der Waals surface area (Å²) in [6.45, 7) is 4.38. The summed E-state index contributed by atoms with van der Waals surface area (Å²) in [7, 11) is 0. The zero-order chi connectivity index (χ0) is 20.2. The number of anilines is 1. The topological polar surface area (TPSA) is 45.7 Å². The first-order valence-electron chi connectivity index (χ1n) is 9.54. The third kappa shape index (κ3) is 4.60. The van der Waals surface area contributed by atoms with E-state index in [9.17, 15) is 13.6 Å². The molecule has 1 amide bonds. The number of fused-ring (bicyclic) bond motifs is 1. The Bertz CT molecular complexity index is 1000. The summed E-state index contributed by atoms with van der Waals surface area (Å²) in [5, 5.41) is 0.418. The van der Waals surface area contributed by atoms with Crippen molar-refractivity contribution in [1.82, 2.24) is 9.88 Å². The van der Waals surface area contributed by atoms with E-state index in [1.54, 1.807) is 18.2 Å². The van der Waals surface area contributed by atoms with Gasteiger partial charge in [0.15, 0.2) is 5.13 Å². The first kappa shape index (κ1) is 19.9. The summed E-state index contributed by atoms with van der Waals surface area (Å²) in [4.78, 5) is 21.3. The second-order valence-electron chi connectivity index (χ2n) is 6.86. The third-order valence-corrected chi connectivity index (χ3v) is 5.91. The van der Waals surface area contributed by atoms with Crippen molar-refractivity contribution in [2.45, 2.75) is 6.42 Å². The van der Waals surface area contributed by atoms with Gasteiger partial charge in [0.25, 0.3) is 5.91 Å². The molecule has 5 nitrogen and oxygen atoms in total. The highest BCUT2D eigenvalue weighted by molar-refractivity contribution is 7.22. The molecule has 0 atom stereocenters. The first-order chi connectivity index (χ1) is 14.1. The molecule has 0 saturated carbocycles. The summed E-state index contributed by atoms with van der Waals surface area (Å²) in [5.41, 5.74) is 0.494. The van der Waals surface area contributed by atoms with Crippen LogP contribution in [0.4, 0.5) is 13.9 Å². The third-order valence-electron chi connectivity index (χ3n) is 4.87. The highest BCUT2D eigenvalue weighted by atomic mass is 32.1. The van der Waals surface area contributed by atoms with E-state index >= 15 is 0 Å². The number of hydrogen-bond donors (Lipinski definition) is 0. The summed E-state index contributed by atoms with van der Waals surface area (Å²) in [5.74, 6) is -1.23. The maximum atomic E-state index is 14.1. The Labute approximate surface area is 171 Å². The molecule has 0 unspecified atom stereocenters. The van der Waals surface area contributed by atoms with Crippen molar-refractivity contribution in [3.63, 3.8) is 0 Å². The van der Waals surface area contributed by atoms with Gasteiger partial charge in [0.05, 0.1) is 17.9 Å². The molecule has 0 spiro atoms. The molecule has 1 aromatic heterocycles. The van der Waals surface area contributed by atoms with E-state index in [0.29, 0.717) is 29.6 Å². The number of carbonyl (C=O) groups excluding carboxylic acids is 1. The normalized spacial score (nSPS) is 15.0. The minimum absolute atomic E-state index is 0.246. The Hall–Kier alpha value is -2.42. The number of morpholine rings is 1. The minimum atomic E-state index is -0.473. The Balaban J connectivity index is 1.58. The van der Waals surface area contributed by atoms with Gasteiger partial charge in [-0.2, -0.15) is 0 Å². The molecule has 1 aliphatic heterocycles. The Morgan fingerprint density at radius 1 is 1.17 bits per heavy atom. The van der Waals surface area contributed by atoms with Gasteiger partial charge < -0.3 is 4.74 Å². The Morgan fingerprint density at radius 2 is 1.97 bits per heavy atom. The molecule has 2 aromatic carbocycles. The number of benzene rings is 2.